The van der Waals surface area contributed by atoms with E-state index in [-0.39, 0.29) is 11.9 Å². The molecule has 3 aromatic rings. The second-order valence-electron chi connectivity index (χ2n) is 6.16. The van der Waals surface area contributed by atoms with Gasteiger partial charge < -0.3 is 14.9 Å². The maximum absolute atomic E-state index is 12.5. The van der Waals surface area contributed by atoms with Gasteiger partial charge in [-0.1, -0.05) is 19.4 Å². The predicted octanol–water partition coefficient (Wildman–Crippen LogP) is 2.80. The summed E-state index contributed by atoms with van der Waals surface area (Å²) in [7, 11) is 1.95. The Labute approximate surface area is 141 Å². The standard InChI is InChI=1S/C18H23N5O/c1-4-5-15(18-19-8-9-23(18)3)22-17(24)11-13-6-7-14-16(10-13)21-12(2)20-14/h6-10,15H,4-5,11H2,1-3H3,(H,20,21)(H,22,24)/t15-/m0/s1. The molecule has 0 saturated heterocycles. The van der Waals surface area contributed by atoms with Gasteiger partial charge in [-0.2, -0.15) is 0 Å². The van der Waals surface area contributed by atoms with E-state index >= 15 is 0 Å². The van der Waals surface area contributed by atoms with Crippen LogP contribution < -0.4 is 5.32 Å². The Kier molecular flexibility index (Phi) is 4.64. The quantitative estimate of drug-likeness (QED) is 0.732. The molecule has 0 fully saturated rings. The van der Waals surface area contributed by atoms with E-state index in [0.29, 0.717) is 6.42 Å². The number of fused-ring (bicyclic) bond motifs is 1. The Balaban J connectivity index is 1.71. The van der Waals surface area contributed by atoms with Crippen LogP contribution in [0.2, 0.25) is 0 Å². The number of aryl methyl sites for hydroxylation is 2. The third-order valence-electron chi connectivity index (χ3n) is 4.11. The molecular weight excluding hydrogens is 302 g/mol. The van der Waals surface area contributed by atoms with Crippen molar-refractivity contribution in [2.24, 2.45) is 7.05 Å². The van der Waals surface area contributed by atoms with Crippen molar-refractivity contribution in [2.75, 3.05) is 0 Å². The fourth-order valence-electron chi connectivity index (χ4n) is 2.99. The summed E-state index contributed by atoms with van der Waals surface area (Å²) in [5.74, 6) is 1.78. The number of hydrogen-bond donors (Lipinski definition) is 2. The molecule has 2 N–H and O–H groups in total. The number of rotatable bonds is 6. The van der Waals surface area contributed by atoms with Crippen molar-refractivity contribution in [3.8, 4) is 0 Å². The van der Waals surface area contributed by atoms with Gasteiger partial charge in [-0.05, 0) is 31.0 Å². The number of imidazole rings is 2. The van der Waals surface area contributed by atoms with Crippen LogP contribution in [-0.2, 0) is 18.3 Å². The van der Waals surface area contributed by atoms with Crippen molar-refractivity contribution < 1.29 is 4.79 Å². The number of benzene rings is 1. The molecule has 2 aromatic heterocycles. The monoisotopic (exact) mass is 325 g/mol. The number of nitrogens with zero attached hydrogens (tertiary/aromatic N) is 3. The van der Waals surface area contributed by atoms with Crippen molar-refractivity contribution in [1.29, 1.82) is 0 Å². The largest absolute Gasteiger partial charge is 0.346 e. The van der Waals surface area contributed by atoms with Crippen LogP contribution in [0, 0.1) is 6.92 Å². The van der Waals surface area contributed by atoms with Gasteiger partial charge >= 0.3 is 0 Å². The maximum Gasteiger partial charge on any atom is 0.225 e. The van der Waals surface area contributed by atoms with Crippen LogP contribution >= 0.6 is 0 Å². The number of carbonyl (C=O) groups is 1. The predicted molar refractivity (Wildman–Crippen MR) is 93.5 cm³/mol. The minimum atomic E-state index is -0.0550. The lowest BCUT2D eigenvalue weighted by Gasteiger charge is -2.18. The smallest absolute Gasteiger partial charge is 0.225 e. The average molecular weight is 325 g/mol. The second-order valence-corrected chi connectivity index (χ2v) is 6.16. The highest BCUT2D eigenvalue weighted by Crippen LogP contribution is 2.17. The van der Waals surface area contributed by atoms with Crippen LogP contribution in [-0.4, -0.2) is 25.4 Å². The lowest BCUT2D eigenvalue weighted by atomic mass is 10.1. The first-order valence-electron chi connectivity index (χ1n) is 8.28. The number of aromatic amines is 1. The van der Waals surface area contributed by atoms with Crippen molar-refractivity contribution in [2.45, 2.75) is 39.2 Å². The normalized spacial score (nSPS) is 12.5. The SMILES string of the molecule is CCC[C@H](NC(=O)Cc1ccc2nc(C)[nH]c2c1)c1nccn1C. The van der Waals surface area contributed by atoms with Crippen molar-refractivity contribution in [3.63, 3.8) is 0 Å². The van der Waals surface area contributed by atoms with E-state index in [0.717, 1.165) is 41.1 Å². The molecule has 0 spiro atoms. The highest BCUT2D eigenvalue weighted by Gasteiger charge is 2.18. The number of amides is 1. The molecule has 3 rings (SSSR count). The Morgan fingerprint density at radius 3 is 2.96 bits per heavy atom. The zero-order valence-electron chi connectivity index (χ0n) is 14.3. The molecule has 2 heterocycles. The summed E-state index contributed by atoms with van der Waals surface area (Å²) in [6.45, 7) is 4.03. The summed E-state index contributed by atoms with van der Waals surface area (Å²) in [5, 5.41) is 3.11. The third kappa shape index (κ3) is 3.48. The number of nitrogens with one attached hydrogen (secondary N) is 2. The first kappa shape index (κ1) is 16.2. The topological polar surface area (TPSA) is 75.6 Å². The Bertz CT molecular complexity index is 848. The summed E-state index contributed by atoms with van der Waals surface area (Å²) in [5.41, 5.74) is 2.86. The molecule has 0 bridgehead atoms. The average Bonchev–Trinajstić information content (AvgIpc) is 3.11. The van der Waals surface area contributed by atoms with Crippen LogP contribution in [0.25, 0.3) is 11.0 Å². The minimum absolute atomic E-state index is 0.00652. The molecule has 1 aromatic carbocycles. The zero-order chi connectivity index (χ0) is 17.1. The molecule has 1 atom stereocenters. The molecule has 24 heavy (non-hydrogen) atoms. The zero-order valence-corrected chi connectivity index (χ0v) is 14.3. The van der Waals surface area contributed by atoms with E-state index in [4.69, 9.17) is 0 Å². The van der Waals surface area contributed by atoms with E-state index in [1.54, 1.807) is 6.20 Å². The van der Waals surface area contributed by atoms with Crippen LogP contribution in [0.3, 0.4) is 0 Å². The van der Waals surface area contributed by atoms with Crippen LogP contribution in [0.1, 0.15) is 43.0 Å². The summed E-state index contributed by atoms with van der Waals surface area (Å²) in [4.78, 5) is 24.4. The molecule has 126 valence electrons. The van der Waals surface area contributed by atoms with E-state index in [1.165, 1.54) is 0 Å². The van der Waals surface area contributed by atoms with Crippen molar-refractivity contribution >= 4 is 16.9 Å². The third-order valence-corrected chi connectivity index (χ3v) is 4.11. The number of carbonyl (C=O) groups excluding carboxylic acids is 1. The van der Waals surface area contributed by atoms with Gasteiger partial charge in [0.2, 0.25) is 5.91 Å². The first-order chi connectivity index (χ1) is 11.6. The fraction of sp³-hybridized carbons (Fsp3) is 0.389. The molecule has 0 aliphatic carbocycles. The molecule has 1 amide bonds. The van der Waals surface area contributed by atoms with Gasteiger partial charge in [0.15, 0.2) is 0 Å². The molecule has 6 heteroatoms. The number of aromatic nitrogens is 4. The van der Waals surface area contributed by atoms with Crippen molar-refractivity contribution in [1.82, 2.24) is 24.8 Å². The molecule has 0 aliphatic rings. The molecule has 0 aliphatic heterocycles. The lowest BCUT2D eigenvalue weighted by molar-refractivity contribution is -0.121. The molecule has 6 nitrogen and oxygen atoms in total. The highest BCUT2D eigenvalue weighted by atomic mass is 16.1. The van der Waals surface area contributed by atoms with Crippen LogP contribution in [0.5, 0.6) is 0 Å². The Hall–Kier alpha value is -2.63. The Morgan fingerprint density at radius 1 is 1.42 bits per heavy atom. The van der Waals surface area contributed by atoms with Crippen LogP contribution in [0.4, 0.5) is 0 Å². The summed E-state index contributed by atoms with van der Waals surface area (Å²) < 4.78 is 1.96. The van der Waals surface area contributed by atoms with E-state index in [1.807, 2.05) is 42.9 Å². The lowest BCUT2D eigenvalue weighted by Crippen LogP contribution is -2.31. The van der Waals surface area contributed by atoms with Gasteiger partial charge in [0, 0.05) is 19.4 Å². The van der Waals surface area contributed by atoms with Gasteiger partial charge in [-0.15, -0.1) is 0 Å². The highest BCUT2D eigenvalue weighted by molar-refractivity contribution is 5.82. The summed E-state index contributed by atoms with van der Waals surface area (Å²) >= 11 is 0. The molecule has 0 unspecified atom stereocenters. The second kappa shape index (κ2) is 6.86. The minimum Gasteiger partial charge on any atom is -0.346 e. The summed E-state index contributed by atoms with van der Waals surface area (Å²) in [6.07, 6.45) is 5.86. The maximum atomic E-state index is 12.5. The van der Waals surface area contributed by atoms with E-state index in [9.17, 15) is 4.79 Å². The number of hydrogen-bond acceptors (Lipinski definition) is 3. The van der Waals surface area contributed by atoms with Gasteiger partial charge in [0.05, 0.1) is 23.5 Å². The Morgan fingerprint density at radius 2 is 2.25 bits per heavy atom. The summed E-state index contributed by atoms with van der Waals surface area (Å²) in [6, 6.07) is 5.84. The number of H-pyrrole nitrogens is 1. The fourth-order valence-corrected chi connectivity index (χ4v) is 2.99. The van der Waals surface area contributed by atoms with E-state index in [2.05, 4.69) is 27.2 Å². The molecule has 0 radical (unpaired) electrons. The van der Waals surface area contributed by atoms with Gasteiger partial charge in [0.25, 0.3) is 0 Å². The van der Waals surface area contributed by atoms with Crippen molar-refractivity contribution in [3.05, 3.63) is 47.8 Å². The molecule has 0 saturated carbocycles. The molecular formula is C18H23N5O. The first-order valence-corrected chi connectivity index (χ1v) is 8.28. The van der Waals surface area contributed by atoms with Gasteiger partial charge in [-0.25, -0.2) is 9.97 Å². The van der Waals surface area contributed by atoms with Gasteiger partial charge in [0.1, 0.15) is 11.6 Å². The van der Waals surface area contributed by atoms with Gasteiger partial charge in [-0.3, -0.25) is 4.79 Å². The van der Waals surface area contributed by atoms with Crippen LogP contribution in [0.15, 0.2) is 30.6 Å². The van der Waals surface area contributed by atoms with E-state index < -0.39 is 0 Å².